The fourth-order valence-corrected chi connectivity index (χ4v) is 2.79. The van der Waals surface area contributed by atoms with E-state index >= 15 is 0 Å². The van der Waals surface area contributed by atoms with Crippen LogP contribution in [0.5, 0.6) is 0 Å². The number of aromatic nitrogens is 2. The van der Waals surface area contributed by atoms with Gasteiger partial charge in [0.05, 0.1) is 18.8 Å². The average molecular weight is 392 g/mol. The Labute approximate surface area is 152 Å². The number of hydrogen-bond donors (Lipinski definition) is 1. The standard InChI is InChI=1S/C13H18N4O3.C2HF3O2/c1-19-9-12(18)16-7-10-11(8-16)20-6-5-17(10)13-14-3-2-4-15-13;3-2(4,5)1(6)7/h2-4,10-11H,5-9H2,1H3;(H,6,7)/t10-,11+;/m1./s1. The lowest BCUT2D eigenvalue weighted by molar-refractivity contribution is -0.192. The Morgan fingerprint density at radius 1 is 1.33 bits per heavy atom. The summed E-state index contributed by atoms with van der Waals surface area (Å²) in [6, 6.07) is 1.91. The first-order chi connectivity index (χ1) is 12.7. The third-order valence-corrected chi connectivity index (χ3v) is 3.97. The zero-order valence-corrected chi connectivity index (χ0v) is 14.4. The van der Waals surface area contributed by atoms with Gasteiger partial charge in [0.25, 0.3) is 0 Å². The summed E-state index contributed by atoms with van der Waals surface area (Å²) in [4.78, 5) is 33.3. The van der Waals surface area contributed by atoms with Crippen molar-refractivity contribution >= 4 is 17.8 Å². The minimum absolute atomic E-state index is 0.000528. The first-order valence-corrected chi connectivity index (χ1v) is 7.96. The summed E-state index contributed by atoms with van der Waals surface area (Å²) in [5.74, 6) is -2.06. The molecule has 0 aliphatic carbocycles. The van der Waals surface area contributed by atoms with Gasteiger partial charge in [0.2, 0.25) is 11.9 Å². The lowest BCUT2D eigenvalue weighted by atomic mass is 10.1. The van der Waals surface area contributed by atoms with Gasteiger partial charge in [-0.15, -0.1) is 0 Å². The van der Waals surface area contributed by atoms with Crippen molar-refractivity contribution in [2.24, 2.45) is 0 Å². The molecule has 2 aliphatic rings. The first-order valence-electron chi connectivity index (χ1n) is 7.96. The van der Waals surface area contributed by atoms with Crippen molar-refractivity contribution in [1.29, 1.82) is 0 Å². The van der Waals surface area contributed by atoms with Crippen LogP contribution in [0.25, 0.3) is 0 Å². The number of anilines is 1. The SMILES string of the molecule is COCC(=O)N1C[C@@H]2OCCN(c3ncccn3)[C@@H]2C1.O=C(O)C(F)(F)F. The van der Waals surface area contributed by atoms with Crippen LogP contribution >= 0.6 is 0 Å². The Bertz CT molecular complexity index is 646. The number of ether oxygens (including phenoxy) is 2. The average Bonchev–Trinajstić information content (AvgIpc) is 3.07. The third-order valence-electron chi connectivity index (χ3n) is 3.97. The van der Waals surface area contributed by atoms with Crippen LogP contribution in [0.1, 0.15) is 0 Å². The summed E-state index contributed by atoms with van der Waals surface area (Å²) in [6.07, 6.45) is -1.60. The Balaban J connectivity index is 0.000000321. The highest BCUT2D eigenvalue weighted by Gasteiger charge is 2.42. The number of carbonyl (C=O) groups is 2. The summed E-state index contributed by atoms with van der Waals surface area (Å²) >= 11 is 0. The lowest BCUT2D eigenvalue weighted by Gasteiger charge is -2.36. The second-order valence-electron chi connectivity index (χ2n) is 5.75. The van der Waals surface area contributed by atoms with E-state index in [9.17, 15) is 18.0 Å². The zero-order valence-electron chi connectivity index (χ0n) is 14.4. The highest BCUT2D eigenvalue weighted by Crippen LogP contribution is 2.25. The number of carboxylic acids is 1. The van der Waals surface area contributed by atoms with Gasteiger partial charge < -0.3 is 24.4 Å². The number of hydrogen-bond acceptors (Lipinski definition) is 7. The van der Waals surface area contributed by atoms with Gasteiger partial charge in [-0.05, 0) is 6.07 Å². The quantitative estimate of drug-likeness (QED) is 0.776. The second kappa shape index (κ2) is 8.95. The number of amides is 1. The molecule has 1 amide bonds. The number of halogens is 3. The minimum Gasteiger partial charge on any atom is -0.475 e. The second-order valence-corrected chi connectivity index (χ2v) is 5.75. The Kier molecular flexibility index (Phi) is 6.91. The van der Waals surface area contributed by atoms with E-state index < -0.39 is 12.1 Å². The maximum atomic E-state index is 11.9. The van der Waals surface area contributed by atoms with E-state index in [1.165, 1.54) is 7.11 Å². The lowest BCUT2D eigenvalue weighted by Crippen LogP contribution is -2.51. The number of likely N-dealkylation sites (tertiary alicyclic amines) is 1. The molecule has 0 aromatic carbocycles. The van der Waals surface area contributed by atoms with Crippen LogP contribution < -0.4 is 4.90 Å². The highest BCUT2D eigenvalue weighted by molar-refractivity contribution is 5.78. The van der Waals surface area contributed by atoms with Crippen LogP contribution in [0.3, 0.4) is 0 Å². The minimum atomic E-state index is -5.08. The van der Waals surface area contributed by atoms with E-state index in [4.69, 9.17) is 19.4 Å². The molecule has 3 rings (SSSR count). The molecule has 150 valence electrons. The highest BCUT2D eigenvalue weighted by atomic mass is 19.4. The number of alkyl halides is 3. The van der Waals surface area contributed by atoms with Crippen molar-refractivity contribution in [3.63, 3.8) is 0 Å². The van der Waals surface area contributed by atoms with E-state index in [2.05, 4.69) is 14.9 Å². The molecule has 2 fully saturated rings. The van der Waals surface area contributed by atoms with Crippen LogP contribution in [0.15, 0.2) is 18.5 Å². The third kappa shape index (κ3) is 5.50. The number of aliphatic carboxylic acids is 1. The van der Waals surface area contributed by atoms with Gasteiger partial charge >= 0.3 is 12.1 Å². The van der Waals surface area contributed by atoms with Crippen LogP contribution in [0, 0.1) is 0 Å². The first kappa shape index (κ1) is 20.8. The van der Waals surface area contributed by atoms with Crippen molar-refractivity contribution in [3.05, 3.63) is 18.5 Å². The van der Waals surface area contributed by atoms with Gasteiger partial charge in [-0.3, -0.25) is 4.79 Å². The van der Waals surface area contributed by atoms with E-state index in [0.717, 1.165) is 6.54 Å². The molecule has 0 unspecified atom stereocenters. The molecule has 0 spiro atoms. The Morgan fingerprint density at radius 2 is 1.96 bits per heavy atom. The molecular weight excluding hydrogens is 373 g/mol. The molecule has 0 saturated carbocycles. The number of morpholine rings is 1. The molecule has 1 N–H and O–H groups in total. The molecular formula is C15H19F3N4O5. The van der Waals surface area contributed by atoms with Crippen molar-refractivity contribution < 1.29 is 37.3 Å². The number of rotatable bonds is 3. The monoisotopic (exact) mass is 392 g/mol. The molecule has 1 aromatic heterocycles. The van der Waals surface area contributed by atoms with Crippen molar-refractivity contribution in [2.45, 2.75) is 18.3 Å². The van der Waals surface area contributed by atoms with E-state index in [1.807, 2.05) is 0 Å². The topological polar surface area (TPSA) is 105 Å². The molecule has 27 heavy (non-hydrogen) atoms. The van der Waals surface area contributed by atoms with Crippen molar-refractivity contribution in [2.75, 3.05) is 44.9 Å². The molecule has 3 heterocycles. The van der Waals surface area contributed by atoms with Gasteiger partial charge in [0.15, 0.2) is 0 Å². The van der Waals surface area contributed by atoms with E-state index in [1.54, 1.807) is 23.4 Å². The largest absolute Gasteiger partial charge is 0.490 e. The van der Waals surface area contributed by atoms with Gasteiger partial charge in [-0.2, -0.15) is 13.2 Å². The van der Waals surface area contributed by atoms with Gasteiger partial charge in [0, 0.05) is 39.1 Å². The molecule has 2 atom stereocenters. The molecule has 0 radical (unpaired) electrons. The Hall–Kier alpha value is -2.47. The smallest absolute Gasteiger partial charge is 0.475 e. The molecule has 2 saturated heterocycles. The van der Waals surface area contributed by atoms with Crippen LogP contribution in [0.2, 0.25) is 0 Å². The predicted molar refractivity (Wildman–Crippen MR) is 85.1 cm³/mol. The zero-order chi connectivity index (χ0) is 20.0. The summed E-state index contributed by atoms with van der Waals surface area (Å²) in [5, 5.41) is 7.12. The number of nitrogens with zero attached hydrogens (tertiary/aromatic N) is 4. The van der Waals surface area contributed by atoms with E-state index in [0.29, 0.717) is 25.6 Å². The number of carboxylic acid groups (broad SMARTS) is 1. The maximum absolute atomic E-state index is 11.9. The summed E-state index contributed by atoms with van der Waals surface area (Å²) in [5.41, 5.74) is 0. The van der Waals surface area contributed by atoms with Gasteiger partial charge in [-0.25, -0.2) is 14.8 Å². The van der Waals surface area contributed by atoms with E-state index in [-0.39, 0.29) is 24.7 Å². The normalized spacial score (nSPS) is 21.9. The molecule has 9 nitrogen and oxygen atoms in total. The van der Waals surface area contributed by atoms with Crippen LogP contribution in [-0.2, 0) is 19.1 Å². The van der Waals surface area contributed by atoms with Gasteiger partial charge in [-0.1, -0.05) is 0 Å². The Morgan fingerprint density at radius 3 is 2.52 bits per heavy atom. The molecule has 12 heteroatoms. The summed E-state index contributed by atoms with van der Waals surface area (Å²) in [6.45, 7) is 2.73. The summed E-state index contributed by atoms with van der Waals surface area (Å²) < 4.78 is 42.4. The number of methoxy groups -OCH3 is 1. The number of carbonyl (C=O) groups excluding carboxylic acids is 1. The fraction of sp³-hybridized carbons (Fsp3) is 0.600. The molecule has 2 aliphatic heterocycles. The fourth-order valence-electron chi connectivity index (χ4n) is 2.79. The maximum Gasteiger partial charge on any atom is 0.490 e. The van der Waals surface area contributed by atoms with Gasteiger partial charge in [0.1, 0.15) is 6.61 Å². The number of fused-ring (bicyclic) bond motifs is 1. The molecule has 0 bridgehead atoms. The van der Waals surface area contributed by atoms with Crippen LogP contribution in [0.4, 0.5) is 19.1 Å². The van der Waals surface area contributed by atoms with Crippen LogP contribution in [-0.4, -0.2) is 90.1 Å². The summed E-state index contributed by atoms with van der Waals surface area (Å²) in [7, 11) is 1.53. The molecule has 1 aromatic rings. The van der Waals surface area contributed by atoms with Crippen molar-refractivity contribution in [3.8, 4) is 0 Å². The predicted octanol–water partition coefficient (Wildman–Crippen LogP) is 0.172. The van der Waals surface area contributed by atoms with Crippen molar-refractivity contribution in [1.82, 2.24) is 14.9 Å².